The number of thioether (sulfide) groups is 1. The number of sulfonamides is 1. The molecule has 0 saturated carbocycles. The second kappa shape index (κ2) is 7.97. The van der Waals surface area contributed by atoms with Crippen molar-refractivity contribution in [1.29, 1.82) is 0 Å². The third-order valence-electron chi connectivity index (χ3n) is 3.49. The molecule has 21 heavy (non-hydrogen) atoms. The molecule has 0 unspecified atom stereocenters. The van der Waals surface area contributed by atoms with E-state index in [9.17, 15) is 8.42 Å². The Hall–Kier alpha value is -0.0800. The standard InChI is InChI=1S/C14H24N2O2S3/c1-3-5-15-11-13-12(2)10-14(20-13)21(17,18)16-6-4-8-19-9-7-16/h10,15H,3-9,11H2,1-2H3. The van der Waals surface area contributed by atoms with E-state index in [-0.39, 0.29) is 0 Å². The Morgan fingerprint density at radius 1 is 1.33 bits per heavy atom. The van der Waals surface area contributed by atoms with Crippen LogP contribution in [0, 0.1) is 6.92 Å². The van der Waals surface area contributed by atoms with Crippen LogP contribution >= 0.6 is 23.1 Å². The van der Waals surface area contributed by atoms with E-state index in [2.05, 4.69) is 12.2 Å². The molecular weight excluding hydrogens is 324 g/mol. The summed E-state index contributed by atoms with van der Waals surface area (Å²) < 4.78 is 27.6. The highest BCUT2D eigenvalue weighted by Gasteiger charge is 2.27. The number of nitrogens with one attached hydrogen (secondary N) is 1. The van der Waals surface area contributed by atoms with Crippen molar-refractivity contribution in [3.8, 4) is 0 Å². The Morgan fingerprint density at radius 3 is 2.90 bits per heavy atom. The molecule has 2 rings (SSSR count). The first-order chi connectivity index (χ1) is 10.1. The van der Waals surface area contributed by atoms with Crippen LogP contribution in [0.2, 0.25) is 0 Å². The molecule has 1 N–H and O–H groups in total. The highest BCUT2D eigenvalue weighted by molar-refractivity contribution is 7.99. The second-order valence-corrected chi connectivity index (χ2v) is 9.74. The molecule has 0 aliphatic carbocycles. The average molecular weight is 349 g/mol. The lowest BCUT2D eigenvalue weighted by Gasteiger charge is -2.18. The minimum atomic E-state index is -3.31. The van der Waals surface area contributed by atoms with Gasteiger partial charge in [0.25, 0.3) is 10.0 Å². The first-order valence-electron chi connectivity index (χ1n) is 7.43. The lowest BCUT2D eigenvalue weighted by atomic mass is 10.3. The largest absolute Gasteiger partial charge is 0.312 e. The summed E-state index contributed by atoms with van der Waals surface area (Å²) in [6.07, 6.45) is 2.03. The predicted octanol–water partition coefficient (Wildman–Crippen LogP) is 2.68. The number of thiophene rings is 1. The van der Waals surface area contributed by atoms with Crippen molar-refractivity contribution in [3.05, 3.63) is 16.5 Å². The Kier molecular flexibility index (Phi) is 6.55. The molecule has 0 spiro atoms. The van der Waals surface area contributed by atoms with Gasteiger partial charge in [-0.25, -0.2) is 8.42 Å². The van der Waals surface area contributed by atoms with Gasteiger partial charge < -0.3 is 5.32 Å². The summed E-state index contributed by atoms with van der Waals surface area (Å²) in [6.45, 7) is 7.12. The summed E-state index contributed by atoms with van der Waals surface area (Å²) in [7, 11) is -3.31. The van der Waals surface area contributed by atoms with Gasteiger partial charge in [-0.3, -0.25) is 0 Å². The highest BCUT2D eigenvalue weighted by Crippen LogP contribution is 2.29. The lowest BCUT2D eigenvalue weighted by Crippen LogP contribution is -2.32. The number of aryl methyl sites for hydroxylation is 1. The van der Waals surface area contributed by atoms with Crippen LogP contribution in [0.1, 0.15) is 30.2 Å². The molecule has 4 nitrogen and oxygen atoms in total. The number of nitrogens with zero attached hydrogens (tertiary/aromatic N) is 1. The molecular formula is C14H24N2O2S3. The smallest absolute Gasteiger partial charge is 0.252 e. The molecule has 0 radical (unpaired) electrons. The van der Waals surface area contributed by atoms with E-state index in [1.807, 2.05) is 24.8 Å². The van der Waals surface area contributed by atoms with E-state index < -0.39 is 10.0 Å². The van der Waals surface area contributed by atoms with E-state index in [0.29, 0.717) is 17.3 Å². The minimum Gasteiger partial charge on any atom is -0.312 e. The highest BCUT2D eigenvalue weighted by atomic mass is 32.2. The third kappa shape index (κ3) is 4.45. The third-order valence-corrected chi connectivity index (χ3v) is 8.12. The van der Waals surface area contributed by atoms with E-state index >= 15 is 0 Å². The molecule has 2 heterocycles. The fourth-order valence-electron chi connectivity index (χ4n) is 2.26. The zero-order chi connectivity index (χ0) is 15.3. The molecule has 0 atom stereocenters. The van der Waals surface area contributed by atoms with Crippen molar-refractivity contribution in [3.63, 3.8) is 0 Å². The molecule has 1 aliphatic rings. The Morgan fingerprint density at radius 2 is 2.14 bits per heavy atom. The first kappa shape index (κ1) is 17.3. The number of hydrogen-bond donors (Lipinski definition) is 1. The van der Waals surface area contributed by atoms with Crippen LogP contribution in [0.15, 0.2) is 10.3 Å². The van der Waals surface area contributed by atoms with Gasteiger partial charge >= 0.3 is 0 Å². The summed E-state index contributed by atoms with van der Waals surface area (Å²) in [5, 5.41) is 3.35. The monoisotopic (exact) mass is 348 g/mol. The van der Waals surface area contributed by atoms with E-state index in [0.717, 1.165) is 47.9 Å². The quantitative estimate of drug-likeness (QED) is 0.803. The minimum absolute atomic E-state index is 0.500. The maximum absolute atomic E-state index is 12.7. The molecule has 1 aromatic heterocycles. The van der Waals surface area contributed by atoms with Crippen LogP contribution in [-0.4, -0.2) is 43.9 Å². The van der Waals surface area contributed by atoms with E-state index in [4.69, 9.17) is 0 Å². The van der Waals surface area contributed by atoms with Gasteiger partial charge in [0.15, 0.2) is 0 Å². The molecule has 7 heteroatoms. The van der Waals surface area contributed by atoms with Crippen LogP contribution in [-0.2, 0) is 16.6 Å². The summed E-state index contributed by atoms with van der Waals surface area (Å²) in [5.41, 5.74) is 1.08. The topological polar surface area (TPSA) is 49.4 Å². The van der Waals surface area contributed by atoms with Gasteiger partial charge in [0.2, 0.25) is 0 Å². The maximum Gasteiger partial charge on any atom is 0.252 e. The van der Waals surface area contributed by atoms with Crippen LogP contribution < -0.4 is 5.32 Å². The predicted molar refractivity (Wildman–Crippen MR) is 91.8 cm³/mol. The summed E-state index contributed by atoms with van der Waals surface area (Å²) >= 11 is 3.26. The molecule has 1 saturated heterocycles. The van der Waals surface area contributed by atoms with Crippen LogP contribution in [0.25, 0.3) is 0 Å². The summed E-state index contributed by atoms with van der Waals surface area (Å²) in [6, 6.07) is 1.83. The van der Waals surface area contributed by atoms with Crippen LogP contribution in [0.4, 0.5) is 0 Å². The Bertz CT molecular complexity index is 547. The SMILES string of the molecule is CCCNCc1sc(S(=O)(=O)N2CCCSCC2)cc1C. The molecule has 1 aromatic rings. The number of rotatable bonds is 6. The Labute approximate surface area is 136 Å². The van der Waals surface area contributed by atoms with Gasteiger partial charge in [-0.2, -0.15) is 16.1 Å². The fourth-order valence-corrected chi connectivity index (χ4v) is 6.46. The normalized spacial score (nSPS) is 17.8. The van der Waals surface area contributed by atoms with Crippen molar-refractivity contribution < 1.29 is 8.42 Å². The molecule has 1 aliphatic heterocycles. The Balaban J connectivity index is 2.14. The summed E-state index contributed by atoms with van der Waals surface area (Å²) in [5.74, 6) is 1.95. The van der Waals surface area contributed by atoms with Gasteiger partial charge in [0.1, 0.15) is 4.21 Å². The van der Waals surface area contributed by atoms with Crippen LogP contribution in [0.3, 0.4) is 0 Å². The average Bonchev–Trinajstić information content (AvgIpc) is 2.68. The van der Waals surface area contributed by atoms with Gasteiger partial charge in [0.05, 0.1) is 0 Å². The van der Waals surface area contributed by atoms with Crippen molar-refractivity contribution in [2.75, 3.05) is 31.1 Å². The van der Waals surface area contributed by atoms with E-state index in [1.54, 1.807) is 4.31 Å². The van der Waals surface area contributed by atoms with Crippen molar-refractivity contribution in [2.45, 2.75) is 37.4 Å². The molecule has 120 valence electrons. The molecule has 0 aromatic carbocycles. The summed E-state index contributed by atoms with van der Waals surface area (Å²) in [4.78, 5) is 1.13. The van der Waals surface area contributed by atoms with Crippen LogP contribution in [0.5, 0.6) is 0 Å². The van der Waals surface area contributed by atoms with Crippen molar-refractivity contribution >= 4 is 33.1 Å². The maximum atomic E-state index is 12.7. The molecule has 0 amide bonds. The van der Waals surface area contributed by atoms with Crippen molar-refractivity contribution in [2.24, 2.45) is 0 Å². The van der Waals surface area contributed by atoms with Gasteiger partial charge in [-0.05, 0) is 43.7 Å². The van der Waals surface area contributed by atoms with Gasteiger partial charge in [0, 0.05) is 30.3 Å². The first-order valence-corrected chi connectivity index (χ1v) is 10.8. The second-order valence-electron chi connectivity index (χ2n) is 5.22. The lowest BCUT2D eigenvalue weighted by molar-refractivity contribution is 0.436. The fraction of sp³-hybridized carbons (Fsp3) is 0.714. The molecule has 0 bridgehead atoms. The van der Waals surface area contributed by atoms with Gasteiger partial charge in [-0.15, -0.1) is 11.3 Å². The zero-order valence-electron chi connectivity index (χ0n) is 12.7. The van der Waals surface area contributed by atoms with Crippen molar-refractivity contribution in [1.82, 2.24) is 9.62 Å². The van der Waals surface area contributed by atoms with Gasteiger partial charge in [-0.1, -0.05) is 6.92 Å². The molecule has 1 fully saturated rings. The zero-order valence-corrected chi connectivity index (χ0v) is 15.2. The van der Waals surface area contributed by atoms with E-state index in [1.165, 1.54) is 11.3 Å². The number of hydrogen-bond acceptors (Lipinski definition) is 5.